The van der Waals surface area contributed by atoms with Crippen molar-refractivity contribution in [3.05, 3.63) is 59.7 Å². The van der Waals surface area contributed by atoms with Gasteiger partial charge in [-0.15, -0.1) is 0 Å². The topological polar surface area (TPSA) is 105 Å². The third kappa shape index (κ3) is 4.81. The summed E-state index contributed by atoms with van der Waals surface area (Å²) in [4.78, 5) is 36.7. The molecule has 0 saturated heterocycles. The first kappa shape index (κ1) is 18.0. The molecule has 0 fully saturated rings. The number of benzene rings is 2. The van der Waals surface area contributed by atoms with Crippen LogP contribution < -0.4 is 16.4 Å². The fraction of sp³-hybridized carbons (Fsp3) is 0.167. The number of carbonyl (C=O) groups excluding carboxylic acids is 3. The summed E-state index contributed by atoms with van der Waals surface area (Å²) < 4.78 is 0. The van der Waals surface area contributed by atoms with Crippen LogP contribution in [-0.4, -0.2) is 43.3 Å². The molecule has 0 atom stereocenters. The van der Waals surface area contributed by atoms with Crippen LogP contribution in [0.25, 0.3) is 0 Å². The van der Waals surface area contributed by atoms with Crippen molar-refractivity contribution in [1.82, 2.24) is 4.90 Å². The summed E-state index contributed by atoms with van der Waals surface area (Å²) in [5.41, 5.74) is 7.23. The molecule has 130 valence electrons. The lowest BCUT2D eigenvalue weighted by Gasteiger charge is -2.12. The summed E-state index contributed by atoms with van der Waals surface area (Å²) in [5.74, 6) is -0.960. The second-order valence-corrected chi connectivity index (χ2v) is 5.59. The highest BCUT2D eigenvalue weighted by Crippen LogP contribution is 2.14. The van der Waals surface area contributed by atoms with Gasteiger partial charge in [-0.2, -0.15) is 0 Å². The van der Waals surface area contributed by atoms with Crippen LogP contribution in [0.4, 0.5) is 11.4 Å². The Kier molecular flexibility index (Phi) is 5.73. The standard InChI is InChI=1S/C18H20N4O3/c1-22(2)18(25)12-7-9-13(10-8-12)21-16(23)11-20-15-6-4-3-5-14(15)17(19)24/h3-10,20H,11H2,1-2H3,(H2,19,24)(H,21,23). The van der Waals surface area contributed by atoms with Crippen LogP contribution in [0.1, 0.15) is 20.7 Å². The molecular weight excluding hydrogens is 320 g/mol. The Labute approximate surface area is 145 Å². The van der Waals surface area contributed by atoms with Gasteiger partial charge < -0.3 is 21.3 Å². The molecule has 2 rings (SSSR count). The zero-order valence-corrected chi connectivity index (χ0v) is 14.1. The molecule has 0 spiro atoms. The third-order valence-corrected chi connectivity index (χ3v) is 3.45. The molecule has 0 aliphatic carbocycles. The van der Waals surface area contributed by atoms with Crippen molar-refractivity contribution in [2.24, 2.45) is 5.73 Å². The Morgan fingerprint density at radius 3 is 2.24 bits per heavy atom. The number of nitrogens with two attached hydrogens (primary N) is 1. The van der Waals surface area contributed by atoms with Crippen LogP contribution in [0.15, 0.2) is 48.5 Å². The highest BCUT2D eigenvalue weighted by molar-refractivity contribution is 6.00. The molecule has 0 saturated carbocycles. The fourth-order valence-corrected chi connectivity index (χ4v) is 2.19. The lowest BCUT2D eigenvalue weighted by atomic mass is 10.1. The largest absolute Gasteiger partial charge is 0.376 e. The second-order valence-electron chi connectivity index (χ2n) is 5.59. The van der Waals surface area contributed by atoms with Crippen molar-refractivity contribution in [2.75, 3.05) is 31.3 Å². The van der Waals surface area contributed by atoms with Crippen LogP contribution in [0.5, 0.6) is 0 Å². The van der Waals surface area contributed by atoms with Crippen LogP contribution in [0, 0.1) is 0 Å². The van der Waals surface area contributed by atoms with Gasteiger partial charge in [-0.3, -0.25) is 14.4 Å². The second kappa shape index (κ2) is 7.96. The SMILES string of the molecule is CN(C)C(=O)c1ccc(NC(=O)CNc2ccccc2C(N)=O)cc1. The van der Waals surface area contributed by atoms with Crippen molar-refractivity contribution < 1.29 is 14.4 Å². The molecule has 0 radical (unpaired) electrons. The molecule has 7 nitrogen and oxygen atoms in total. The molecule has 0 unspecified atom stereocenters. The molecule has 4 N–H and O–H groups in total. The average Bonchev–Trinajstić information content (AvgIpc) is 2.60. The van der Waals surface area contributed by atoms with E-state index < -0.39 is 5.91 Å². The lowest BCUT2D eigenvalue weighted by Crippen LogP contribution is -2.24. The number of nitrogens with zero attached hydrogens (tertiary/aromatic N) is 1. The van der Waals surface area contributed by atoms with E-state index in [1.165, 1.54) is 4.90 Å². The molecular formula is C18H20N4O3. The molecule has 0 heterocycles. The molecule has 3 amide bonds. The van der Waals surface area contributed by atoms with E-state index in [0.717, 1.165) is 0 Å². The Morgan fingerprint density at radius 2 is 1.64 bits per heavy atom. The number of carbonyl (C=O) groups is 3. The monoisotopic (exact) mass is 340 g/mol. The Balaban J connectivity index is 1.95. The van der Waals surface area contributed by atoms with E-state index in [9.17, 15) is 14.4 Å². The zero-order valence-electron chi connectivity index (χ0n) is 14.1. The first-order valence-corrected chi connectivity index (χ1v) is 7.62. The van der Waals surface area contributed by atoms with E-state index in [-0.39, 0.29) is 18.4 Å². The van der Waals surface area contributed by atoms with Crippen LogP contribution in [0.3, 0.4) is 0 Å². The van der Waals surface area contributed by atoms with Gasteiger partial charge in [0.15, 0.2) is 0 Å². The van der Waals surface area contributed by atoms with E-state index in [4.69, 9.17) is 5.73 Å². The maximum Gasteiger partial charge on any atom is 0.253 e. The molecule has 25 heavy (non-hydrogen) atoms. The zero-order chi connectivity index (χ0) is 18.4. The van der Waals surface area contributed by atoms with Gasteiger partial charge in [-0.25, -0.2) is 0 Å². The van der Waals surface area contributed by atoms with Crippen molar-refractivity contribution in [3.63, 3.8) is 0 Å². The van der Waals surface area contributed by atoms with E-state index in [1.807, 2.05) is 0 Å². The maximum atomic E-state index is 12.0. The van der Waals surface area contributed by atoms with Crippen molar-refractivity contribution >= 4 is 29.1 Å². The predicted molar refractivity (Wildman–Crippen MR) is 96.5 cm³/mol. The number of rotatable bonds is 6. The molecule has 7 heteroatoms. The number of para-hydroxylation sites is 1. The van der Waals surface area contributed by atoms with Crippen molar-refractivity contribution in [1.29, 1.82) is 0 Å². The first-order valence-electron chi connectivity index (χ1n) is 7.62. The van der Waals surface area contributed by atoms with E-state index in [1.54, 1.807) is 62.6 Å². The summed E-state index contributed by atoms with van der Waals surface area (Å²) in [7, 11) is 3.35. The molecule has 2 aromatic carbocycles. The van der Waals surface area contributed by atoms with Gasteiger partial charge in [-0.05, 0) is 36.4 Å². The number of anilines is 2. The molecule has 0 bridgehead atoms. The Morgan fingerprint density at radius 1 is 1.00 bits per heavy atom. The average molecular weight is 340 g/mol. The van der Waals surface area contributed by atoms with Crippen LogP contribution >= 0.6 is 0 Å². The Hall–Kier alpha value is -3.35. The summed E-state index contributed by atoms with van der Waals surface area (Å²) in [6.45, 7) is -0.0251. The molecule has 0 aliphatic heterocycles. The smallest absolute Gasteiger partial charge is 0.253 e. The van der Waals surface area contributed by atoms with Crippen LogP contribution in [-0.2, 0) is 4.79 Å². The van der Waals surface area contributed by atoms with Gasteiger partial charge in [0.1, 0.15) is 0 Å². The van der Waals surface area contributed by atoms with Gasteiger partial charge in [0, 0.05) is 31.0 Å². The van der Waals surface area contributed by atoms with Crippen molar-refractivity contribution in [2.45, 2.75) is 0 Å². The highest BCUT2D eigenvalue weighted by atomic mass is 16.2. The van der Waals surface area contributed by atoms with Crippen molar-refractivity contribution in [3.8, 4) is 0 Å². The minimum Gasteiger partial charge on any atom is -0.376 e. The summed E-state index contributed by atoms with van der Waals surface area (Å²) in [6, 6.07) is 13.3. The van der Waals surface area contributed by atoms with Gasteiger partial charge in [-0.1, -0.05) is 12.1 Å². The van der Waals surface area contributed by atoms with E-state index in [2.05, 4.69) is 10.6 Å². The Bertz CT molecular complexity index is 785. The van der Waals surface area contributed by atoms with Gasteiger partial charge in [0.25, 0.3) is 11.8 Å². The minimum absolute atomic E-state index is 0.0251. The highest BCUT2D eigenvalue weighted by Gasteiger charge is 2.10. The van der Waals surface area contributed by atoms with E-state index >= 15 is 0 Å². The van der Waals surface area contributed by atoms with Crippen LogP contribution in [0.2, 0.25) is 0 Å². The first-order chi connectivity index (χ1) is 11.9. The summed E-state index contributed by atoms with van der Waals surface area (Å²) in [6.07, 6.45) is 0. The molecule has 2 aromatic rings. The quantitative estimate of drug-likeness (QED) is 0.742. The third-order valence-electron chi connectivity index (χ3n) is 3.45. The van der Waals surface area contributed by atoms with Gasteiger partial charge >= 0.3 is 0 Å². The minimum atomic E-state index is -0.565. The number of primary amides is 1. The van der Waals surface area contributed by atoms with E-state index in [0.29, 0.717) is 22.5 Å². The summed E-state index contributed by atoms with van der Waals surface area (Å²) in [5, 5.41) is 5.60. The van der Waals surface area contributed by atoms with Gasteiger partial charge in [0.05, 0.1) is 12.1 Å². The normalized spacial score (nSPS) is 10.0. The summed E-state index contributed by atoms with van der Waals surface area (Å²) >= 11 is 0. The molecule has 0 aromatic heterocycles. The number of amides is 3. The number of hydrogen-bond acceptors (Lipinski definition) is 4. The van der Waals surface area contributed by atoms with Gasteiger partial charge in [0.2, 0.25) is 5.91 Å². The number of nitrogens with one attached hydrogen (secondary N) is 2. The lowest BCUT2D eigenvalue weighted by molar-refractivity contribution is -0.114. The molecule has 0 aliphatic rings. The number of hydrogen-bond donors (Lipinski definition) is 3. The fourth-order valence-electron chi connectivity index (χ4n) is 2.19. The maximum absolute atomic E-state index is 12.0. The predicted octanol–water partition coefficient (Wildman–Crippen LogP) is 1.54.